The Labute approximate surface area is 58.3 Å². The van der Waals surface area contributed by atoms with Crippen LogP contribution in [0, 0.1) is 0 Å². The van der Waals surface area contributed by atoms with Crippen LogP contribution in [0.25, 0.3) is 0 Å². The van der Waals surface area contributed by atoms with Crippen molar-refractivity contribution >= 4 is 17.3 Å². The lowest BCUT2D eigenvalue weighted by molar-refractivity contribution is -0.116. The predicted molar refractivity (Wildman–Crippen MR) is 34.3 cm³/mol. The Morgan fingerprint density at radius 2 is 2.89 bits per heavy atom. The molecule has 0 unspecified atom stereocenters. The van der Waals surface area contributed by atoms with Gasteiger partial charge >= 0.3 is 0 Å². The molecule has 0 aromatic carbocycles. The lowest BCUT2D eigenvalue weighted by atomic mass is 10.3. The molecule has 48 valence electrons. The van der Waals surface area contributed by atoms with Crippen LogP contribution < -0.4 is 0 Å². The van der Waals surface area contributed by atoms with Gasteiger partial charge in [-0.1, -0.05) is 0 Å². The zero-order valence-electron chi connectivity index (χ0n) is 5.92. The quantitative estimate of drug-likeness (QED) is 0.611. The van der Waals surface area contributed by atoms with Crippen LogP contribution in [0.4, 0.5) is 0 Å². The summed E-state index contributed by atoms with van der Waals surface area (Å²) in [5.41, 5.74) is 0.163. The SMILES string of the molecule is [2H]c1nc(CC(C)=O)ns1. The lowest BCUT2D eigenvalue weighted by Crippen LogP contribution is -1.97. The summed E-state index contributed by atoms with van der Waals surface area (Å²) in [5.74, 6) is 0.486. The number of carbonyl (C=O) groups excluding carboxylic acids is 1. The van der Waals surface area contributed by atoms with Crippen LogP contribution in [-0.2, 0) is 11.2 Å². The van der Waals surface area contributed by atoms with Crippen LogP contribution in [-0.4, -0.2) is 15.1 Å². The van der Waals surface area contributed by atoms with E-state index >= 15 is 0 Å². The van der Waals surface area contributed by atoms with Gasteiger partial charge in [-0.2, -0.15) is 4.37 Å². The number of rotatable bonds is 2. The third-order valence-corrected chi connectivity index (χ3v) is 1.25. The van der Waals surface area contributed by atoms with Crippen molar-refractivity contribution in [2.75, 3.05) is 0 Å². The van der Waals surface area contributed by atoms with Crippen molar-refractivity contribution in [1.29, 1.82) is 0 Å². The molecule has 0 spiro atoms. The average Bonchev–Trinajstić information content (AvgIpc) is 2.13. The molecule has 1 aromatic heterocycles. The number of carbonyl (C=O) groups is 1. The lowest BCUT2D eigenvalue weighted by Gasteiger charge is -1.83. The van der Waals surface area contributed by atoms with Crippen LogP contribution in [0.2, 0.25) is 0 Å². The Morgan fingerprint density at radius 3 is 3.33 bits per heavy atom. The second kappa shape index (κ2) is 2.68. The average molecular weight is 143 g/mol. The second-order valence-electron chi connectivity index (χ2n) is 1.68. The van der Waals surface area contributed by atoms with Gasteiger partial charge < -0.3 is 0 Å². The zero-order valence-corrected chi connectivity index (χ0v) is 5.73. The first-order valence-electron chi connectivity index (χ1n) is 2.97. The fraction of sp³-hybridized carbons (Fsp3) is 0.400. The highest BCUT2D eigenvalue weighted by Gasteiger charge is 1.98. The predicted octanol–water partition coefficient (Wildman–Crippen LogP) is 0.670. The van der Waals surface area contributed by atoms with E-state index in [2.05, 4.69) is 9.36 Å². The third kappa shape index (κ3) is 1.89. The minimum absolute atomic E-state index is 0.0257. The Morgan fingerprint density at radius 1 is 2.11 bits per heavy atom. The van der Waals surface area contributed by atoms with E-state index in [-0.39, 0.29) is 17.7 Å². The van der Waals surface area contributed by atoms with E-state index in [1.807, 2.05) is 0 Å². The van der Waals surface area contributed by atoms with Crippen LogP contribution in [0.15, 0.2) is 5.49 Å². The molecule has 9 heavy (non-hydrogen) atoms. The Balaban J connectivity index is 2.67. The van der Waals surface area contributed by atoms with Crippen molar-refractivity contribution < 1.29 is 6.17 Å². The summed E-state index contributed by atoms with van der Waals surface area (Å²) < 4.78 is 10.8. The van der Waals surface area contributed by atoms with E-state index in [0.717, 1.165) is 11.5 Å². The van der Waals surface area contributed by atoms with Crippen molar-refractivity contribution in [1.82, 2.24) is 9.36 Å². The molecule has 0 N–H and O–H groups in total. The maximum Gasteiger partial charge on any atom is 0.149 e. The first-order valence-corrected chi connectivity index (χ1v) is 3.24. The number of ketones is 1. The summed E-state index contributed by atoms with van der Waals surface area (Å²) in [4.78, 5) is 14.2. The first kappa shape index (κ1) is 5.05. The van der Waals surface area contributed by atoms with Crippen molar-refractivity contribution in [3.8, 4) is 0 Å². The van der Waals surface area contributed by atoms with Crippen LogP contribution in [0.1, 0.15) is 14.1 Å². The molecule has 0 bridgehead atoms. The Bertz CT molecular complexity index is 248. The Hall–Kier alpha value is -0.770. The topological polar surface area (TPSA) is 42.9 Å². The molecule has 0 aliphatic rings. The summed E-state index contributed by atoms with van der Waals surface area (Å²) in [6.45, 7) is 1.48. The Kier molecular flexibility index (Phi) is 1.50. The van der Waals surface area contributed by atoms with E-state index in [0.29, 0.717) is 5.82 Å². The van der Waals surface area contributed by atoms with Gasteiger partial charge in [0.1, 0.15) is 17.1 Å². The minimum atomic E-state index is 0.0257. The number of Topliss-reactive ketones (excluding diaryl/α,β-unsaturated/α-hetero) is 1. The molecule has 0 aliphatic heterocycles. The van der Waals surface area contributed by atoms with Crippen molar-refractivity contribution in [3.63, 3.8) is 0 Å². The molecule has 0 radical (unpaired) electrons. The summed E-state index contributed by atoms with van der Waals surface area (Å²) in [7, 11) is 0. The van der Waals surface area contributed by atoms with Gasteiger partial charge in [-0.25, -0.2) is 4.98 Å². The van der Waals surface area contributed by atoms with Gasteiger partial charge in [0.25, 0.3) is 0 Å². The van der Waals surface area contributed by atoms with E-state index < -0.39 is 0 Å². The van der Waals surface area contributed by atoms with Crippen LogP contribution in [0.5, 0.6) is 0 Å². The molecule has 3 nitrogen and oxygen atoms in total. The molecule has 0 fully saturated rings. The summed E-state index contributed by atoms with van der Waals surface area (Å²) in [6, 6.07) is 0. The monoisotopic (exact) mass is 143 g/mol. The van der Waals surface area contributed by atoms with Crippen molar-refractivity contribution in [2.24, 2.45) is 0 Å². The fourth-order valence-corrected chi connectivity index (χ4v) is 0.859. The molecule has 1 rings (SSSR count). The van der Waals surface area contributed by atoms with E-state index in [1.165, 1.54) is 6.92 Å². The van der Waals surface area contributed by atoms with Gasteiger partial charge in [-0.05, 0) is 18.5 Å². The maximum absolute atomic E-state index is 10.5. The van der Waals surface area contributed by atoms with Gasteiger partial charge in [-0.15, -0.1) is 0 Å². The molecule has 0 saturated heterocycles. The smallest absolute Gasteiger partial charge is 0.149 e. The molecular formula is C5H6N2OS. The number of hydrogen-bond donors (Lipinski definition) is 0. The van der Waals surface area contributed by atoms with Crippen LogP contribution >= 0.6 is 11.5 Å². The van der Waals surface area contributed by atoms with Crippen molar-refractivity contribution in [2.45, 2.75) is 13.3 Å². The second-order valence-corrected chi connectivity index (χ2v) is 2.23. The zero-order chi connectivity index (χ0) is 7.56. The molecular weight excluding hydrogens is 136 g/mol. The van der Waals surface area contributed by atoms with E-state index in [9.17, 15) is 4.79 Å². The number of nitrogens with zero attached hydrogens (tertiary/aromatic N) is 2. The normalized spacial score (nSPS) is 11.0. The van der Waals surface area contributed by atoms with Crippen molar-refractivity contribution in [3.05, 3.63) is 11.3 Å². The van der Waals surface area contributed by atoms with Gasteiger partial charge in [0.2, 0.25) is 0 Å². The fourth-order valence-electron chi connectivity index (χ4n) is 0.461. The minimum Gasteiger partial charge on any atom is -0.300 e. The van der Waals surface area contributed by atoms with E-state index in [4.69, 9.17) is 1.37 Å². The highest BCUT2D eigenvalue weighted by atomic mass is 32.1. The highest BCUT2D eigenvalue weighted by molar-refractivity contribution is 7.03. The van der Waals surface area contributed by atoms with Gasteiger partial charge in [0, 0.05) is 0 Å². The molecule has 1 heterocycles. The largest absolute Gasteiger partial charge is 0.300 e. The van der Waals surface area contributed by atoms with Gasteiger partial charge in [-0.3, -0.25) is 4.79 Å². The summed E-state index contributed by atoms with van der Waals surface area (Å²) >= 11 is 1.000. The molecule has 4 heteroatoms. The highest BCUT2D eigenvalue weighted by Crippen LogP contribution is 1.94. The number of hydrogen-bond acceptors (Lipinski definition) is 4. The van der Waals surface area contributed by atoms with Gasteiger partial charge in [0.15, 0.2) is 0 Å². The standard InChI is InChI=1S/C5H6N2OS/c1-4(8)2-5-6-3-9-7-5/h3H,2H2,1H3/i3D. The number of aromatic nitrogens is 2. The molecule has 0 amide bonds. The molecule has 0 aliphatic carbocycles. The molecule has 0 saturated carbocycles. The third-order valence-electron chi connectivity index (χ3n) is 0.774. The van der Waals surface area contributed by atoms with Gasteiger partial charge in [0.05, 0.1) is 7.79 Å². The summed E-state index contributed by atoms with van der Waals surface area (Å²) in [6.07, 6.45) is 0.245. The van der Waals surface area contributed by atoms with E-state index in [1.54, 1.807) is 0 Å². The maximum atomic E-state index is 10.5. The first-order chi connectivity index (χ1) is 4.68. The van der Waals surface area contributed by atoms with Crippen LogP contribution in [0.3, 0.4) is 0 Å². The molecule has 0 atom stereocenters. The molecule has 1 aromatic rings. The summed E-state index contributed by atoms with van der Waals surface area (Å²) in [5, 5.41) is 0.